The Kier molecular flexibility index (Phi) is 4.42. The molecule has 2 rings (SSSR count). The van der Waals surface area contributed by atoms with Crippen LogP contribution in [-0.4, -0.2) is 18.0 Å². The smallest absolute Gasteiger partial charge is 0.321 e. The van der Waals surface area contributed by atoms with Gasteiger partial charge in [-0.1, -0.05) is 12.1 Å². The Morgan fingerprint density at radius 3 is 2.60 bits per heavy atom. The van der Waals surface area contributed by atoms with E-state index in [1.165, 1.54) is 0 Å². The molecule has 0 aliphatic carbocycles. The molecule has 20 heavy (non-hydrogen) atoms. The van der Waals surface area contributed by atoms with Crippen LogP contribution < -0.4 is 11.1 Å². The minimum atomic E-state index is -0.167. The number of rotatable bonds is 4. The zero-order valence-electron chi connectivity index (χ0n) is 11.7. The average molecular weight is 273 g/mol. The molecule has 0 bridgehead atoms. The SMILES string of the molecule is CC(N)c1ccc(NC(=O)N(C)Cc2ccoc2)cc1. The molecule has 0 aliphatic heterocycles. The Morgan fingerprint density at radius 2 is 2.05 bits per heavy atom. The number of urea groups is 1. The van der Waals surface area contributed by atoms with E-state index in [0.29, 0.717) is 6.54 Å². The zero-order chi connectivity index (χ0) is 14.5. The number of nitrogens with two attached hydrogens (primary N) is 1. The summed E-state index contributed by atoms with van der Waals surface area (Å²) in [6, 6.07) is 9.18. The summed E-state index contributed by atoms with van der Waals surface area (Å²) in [5.41, 5.74) is 8.52. The molecule has 0 spiro atoms. The van der Waals surface area contributed by atoms with Gasteiger partial charge in [-0.15, -0.1) is 0 Å². The normalized spacial score (nSPS) is 11.9. The van der Waals surface area contributed by atoms with Crippen LogP contribution in [0.1, 0.15) is 24.1 Å². The largest absolute Gasteiger partial charge is 0.472 e. The van der Waals surface area contributed by atoms with Crippen molar-refractivity contribution in [1.29, 1.82) is 0 Å². The third-order valence-electron chi connectivity index (χ3n) is 3.03. The Morgan fingerprint density at radius 1 is 1.35 bits per heavy atom. The highest BCUT2D eigenvalue weighted by Gasteiger charge is 2.10. The summed E-state index contributed by atoms with van der Waals surface area (Å²) in [7, 11) is 1.73. The molecule has 3 N–H and O–H groups in total. The van der Waals surface area contributed by atoms with Crippen molar-refractivity contribution < 1.29 is 9.21 Å². The molecule has 0 aliphatic rings. The number of benzene rings is 1. The molecule has 1 unspecified atom stereocenters. The first-order valence-electron chi connectivity index (χ1n) is 6.45. The lowest BCUT2D eigenvalue weighted by atomic mass is 10.1. The van der Waals surface area contributed by atoms with Crippen molar-refractivity contribution in [3.63, 3.8) is 0 Å². The van der Waals surface area contributed by atoms with Gasteiger partial charge < -0.3 is 20.4 Å². The average Bonchev–Trinajstić information content (AvgIpc) is 2.92. The predicted molar refractivity (Wildman–Crippen MR) is 78.2 cm³/mol. The predicted octanol–water partition coefficient (Wildman–Crippen LogP) is 2.96. The second kappa shape index (κ2) is 6.25. The van der Waals surface area contributed by atoms with Crippen molar-refractivity contribution in [3.8, 4) is 0 Å². The summed E-state index contributed by atoms with van der Waals surface area (Å²) >= 11 is 0. The molecule has 1 aromatic heterocycles. The summed E-state index contributed by atoms with van der Waals surface area (Å²) in [6.07, 6.45) is 3.22. The Bertz CT molecular complexity index is 547. The van der Waals surface area contributed by atoms with Crippen LogP contribution in [0.4, 0.5) is 10.5 Å². The molecule has 1 aromatic carbocycles. The number of nitrogens with zero attached hydrogens (tertiary/aromatic N) is 1. The van der Waals surface area contributed by atoms with Gasteiger partial charge in [0.1, 0.15) is 0 Å². The third kappa shape index (κ3) is 3.61. The van der Waals surface area contributed by atoms with Gasteiger partial charge in [0.05, 0.1) is 19.1 Å². The fourth-order valence-electron chi connectivity index (χ4n) is 1.82. The number of furan rings is 1. The lowest BCUT2D eigenvalue weighted by molar-refractivity contribution is 0.220. The number of hydrogen-bond donors (Lipinski definition) is 2. The number of hydrogen-bond acceptors (Lipinski definition) is 3. The first-order chi connectivity index (χ1) is 9.56. The minimum Gasteiger partial charge on any atom is -0.472 e. The summed E-state index contributed by atoms with van der Waals surface area (Å²) in [6.45, 7) is 2.42. The Balaban J connectivity index is 1.93. The second-order valence-electron chi connectivity index (χ2n) is 4.83. The van der Waals surface area contributed by atoms with Crippen LogP contribution in [0.2, 0.25) is 0 Å². The molecular formula is C15H19N3O2. The molecule has 5 heteroatoms. The molecule has 2 amide bonds. The minimum absolute atomic E-state index is 0.0106. The molecule has 106 valence electrons. The number of carbonyl (C=O) groups excluding carboxylic acids is 1. The van der Waals surface area contributed by atoms with Crippen molar-refractivity contribution in [2.45, 2.75) is 19.5 Å². The van der Waals surface area contributed by atoms with Gasteiger partial charge in [-0.3, -0.25) is 0 Å². The third-order valence-corrected chi connectivity index (χ3v) is 3.03. The number of anilines is 1. The lowest BCUT2D eigenvalue weighted by Gasteiger charge is -2.17. The van der Waals surface area contributed by atoms with E-state index in [-0.39, 0.29) is 12.1 Å². The van der Waals surface area contributed by atoms with E-state index in [9.17, 15) is 4.79 Å². The second-order valence-corrected chi connectivity index (χ2v) is 4.83. The van der Waals surface area contributed by atoms with Gasteiger partial charge in [-0.25, -0.2) is 4.79 Å². The van der Waals surface area contributed by atoms with Gasteiger partial charge >= 0.3 is 6.03 Å². The Hall–Kier alpha value is -2.27. The van der Waals surface area contributed by atoms with Gasteiger partial charge in [0.15, 0.2) is 0 Å². The van der Waals surface area contributed by atoms with Gasteiger partial charge in [-0.05, 0) is 30.7 Å². The van der Waals surface area contributed by atoms with Gasteiger partial charge in [-0.2, -0.15) is 0 Å². The van der Waals surface area contributed by atoms with Crippen LogP contribution in [0, 0.1) is 0 Å². The van der Waals surface area contributed by atoms with Crippen molar-refractivity contribution >= 4 is 11.7 Å². The molecule has 5 nitrogen and oxygen atoms in total. The highest BCUT2D eigenvalue weighted by molar-refractivity contribution is 5.89. The first kappa shape index (κ1) is 14.1. The van der Waals surface area contributed by atoms with E-state index >= 15 is 0 Å². The van der Waals surface area contributed by atoms with E-state index in [2.05, 4.69) is 5.32 Å². The highest BCUT2D eigenvalue weighted by Crippen LogP contribution is 2.15. The van der Waals surface area contributed by atoms with Crippen LogP contribution >= 0.6 is 0 Å². The van der Waals surface area contributed by atoms with Crippen molar-refractivity contribution in [3.05, 3.63) is 54.0 Å². The summed E-state index contributed by atoms with van der Waals surface area (Å²) in [5.74, 6) is 0. The van der Waals surface area contributed by atoms with Gasteiger partial charge in [0.25, 0.3) is 0 Å². The molecule has 1 heterocycles. The molecule has 0 fully saturated rings. The summed E-state index contributed by atoms with van der Waals surface area (Å²) in [4.78, 5) is 13.6. The summed E-state index contributed by atoms with van der Waals surface area (Å²) in [5, 5.41) is 2.84. The molecule has 0 radical (unpaired) electrons. The van der Waals surface area contributed by atoms with Crippen LogP contribution in [0.25, 0.3) is 0 Å². The molecule has 2 aromatic rings. The van der Waals surface area contributed by atoms with E-state index in [1.54, 1.807) is 24.5 Å². The van der Waals surface area contributed by atoms with Crippen LogP contribution in [-0.2, 0) is 6.54 Å². The molecular weight excluding hydrogens is 254 g/mol. The van der Waals surface area contributed by atoms with Crippen LogP contribution in [0.5, 0.6) is 0 Å². The number of amides is 2. The van der Waals surface area contributed by atoms with E-state index in [4.69, 9.17) is 10.2 Å². The zero-order valence-corrected chi connectivity index (χ0v) is 11.7. The maximum atomic E-state index is 12.0. The van der Waals surface area contributed by atoms with Crippen molar-refractivity contribution in [2.75, 3.05) is 12.4 Å². The number of carbonyl (C=O) groups is 1. The molecule has 1 atom stereocenters. The molecule has 0 saturated carbocycles. The summed E-state index contributed by atoms with van der Waals surface area (Å²) < 4.78 is 4.98. The standard InChI is InChI=1S/C15H19N3O2/c1-11(16)13-3-5-14(6-4-13)17-15(19)18(2)9-12-7-8-20-10-12/h3-8,10-11H,9,16H2,1-2H3,(H,17,19). The monoisotopic (exact) mass is 273 g/mol. The van der Waals surface area contributed by atoms with Crippen molar-refractivity contribution in [2.24, 2.45) is 5.73 Å². The highest BCUT2D eigenvalue weighted by atomic mass is 16.3. The molecule has 0 saturated heterocycles. The van der Waals surface area contributed by atoms with E-state index < -0.39 is 0 Å². The lowest BCUT2D eigenvalue weighted by Crippen LogP contribution is -2.30. The van der Waals surface area contributed by atoms with Crippen molar-refractivity contribution in [1.82, 2.24) is 4.90 Å². The maximum Gasteiger partial charge on any atom is 0.321 e. The topological polar surface area (TPSA) is 71.5 Å². The first-order valence-corrected chi connectivity index (χ1v) is 6.45. The van der Waals surface area contributed by atoms with Gasteiger partial charge in [0, 0.05) is 24.3 Å². The number of nitrogens with one attached hydrogen (secondary N) is 1. The maximum absolute atomic E-state index is 12.0. The van der Waals surface area contributed by atoms with Gasteiger partial charge in [0.2, 0.25) is 0 Å². The fraction of sp³-hybridized carbons (Fsp3) is 0.267. The van der Waals surface area contributed by atoms with Crippen LogP contribution in [0.3, 0.4) is 0 Å². The fourth-order valence-corrected chi connectivity index (χ4v) is 1.82. The van der Waals surface area contributed by atoms with Crippen LogP contribution in [0.15, 0.2) is 47.3 Å². The van der Waals surface area contributed by atoms with E-state index in [0.717, 1.165) is 16.8 Å². The van der Waals surface area contributed by atoms with E-state index in [1.807, 2.05) is 37.3 Å². The Labute approximate surface area is 118 Å². The quantitative estimate of drug-likeness (QED) is 0.899.